The summed E-state index contributed by atoms with van der Waals surface area (Å²) in [6.45, 7) is 2.69. The zero-order valence-electron chi connectivity index (χ0n) is 20.7. The summed E-state index contributed by atoms with van der Waals surface area (Å²) in [6.07, 6.45) is 11.3. The van der Waals surface area contributed by atoms with Gasteiger partial charge in [-0.2, -0.15) is 0 Å². The Hall–Kier alpha value is -3.75. The van der Waals surface area contributed by atoms with Gasteiger partial charge in [-0.1, -0.05) is 75.8 Å². The number of H-pyrrole nitrogens is 1. The van der Waals surface area contributed by atoms with Crippen LogP contribution in [-0.4, -0.2) is 46.2 Å². The van der Waals surface area contributed by atoms with E-state index in [0.717, 1.165) is 60.3 Å². The van der Waals surface area contributed by atoms with Crippen LogP contribution in [0, 0.1) is 5.92 Å². The van der Waals surface area contributed by atoms with E-state index in [1.165, 1.54) is 19.3 Å². The lowest BCUT2D eigenvalue weighted by Gasteiger charge is -2.19. The van der Waals surface area contributed by atoms with Gasteiger partial charge in [-0.25, -0.2) is 14.8 Å². The molecule has 1 aliphatic carbocycles. The number of tetrazole rings is 1. The summed E-state index contributed by atoms with van der Waals surface area (Å²) < 4.78 is 1.88. The van der Waals surface area contributed by atoms with E-state index < -0.39 is 0 Å². The topological polar surface area (TPSA) is 115 Å². The average Bonchev–Trinajstić information content (AvgIpc) is 3.59. The van der Waals surface area contributed by atoms with E-state index in [4.69, 9.17) is 4.98 Å². The van der Waals surface area contributed by atoms with Crippen LogP contribution in [0.2, 0.25) is 0 Å². The first kappa shape index (κ1) is 24.0. The van der Waals surface area contributed by atoms with Gasteiger partial charge in [0, 0.05) is 30.2 Å². The Morgan fingerprint density at radius 2 is 1.92 bits per heavy atom. The van der Waals surface area contributed by atoms with Crippen molar-refractivity contribution in [2.45, 2.75) is 71.3 Å². The van der Waals surface area contributed by atoms with E-state index in [2.05, 4.69) is 37.6 Å². The van der Waals surface area contributed by atoms with Crippen molar-refractivity contribution in [3.8, 4) is 22.6 Å². The van der Waals surface area contributed by atoms with Crippen LogP contribution in [0.25, 0.3) is 22.6 Å². The number of carbonyl (C=O) groups excluding carboxylic acids is 1. The van der Waals surface area contributed by atoms with E-state index >= 15 is 0 Å². The zero-order valence-corrected chi connectivity index (χ0v) is 20.7. The highest BCUT2D eigenvalue weighted by molar-refractivity contribution is 5.92. The van der Waals surface area contributed by atoms with Gasteiger partial charge in [0.05, 0.1) is 12.2 Å². The Morgan fingerprint density at radius 3 is 2.64 bits per heavy atom. The summed E-state index contributed by atoms with van der Waals surface area (Å²) in [4.78, 5) is 22.4. The van der Waals surface area contributed by atoms with E-state index in [0.29, 0.717) is 30.5 Å². The Balaban J connectivity index is 1.34. The molecule has 0 bridgehead atoms. The number of benzene rings is 1. The number of Topliss-reactive ketones (excluding diaryl/α,β-unsaturated/α-hetero) is 1. The van der Waals surface area contributed by atoms with Crippen LogP contribution in [-0.2, 0) is 13.0 Å². The summed E-state index contributed by atoms with van der Waals surface area (Å²) in [5, 5.41) is 18.9. The SMILES string of the molecule is CCCCc1nc(C(=O)CC2CCCCC2)nn1Cc1ccc(-c2ccccc2-c2nnn[nH]2)nc1. The van der Waals surface area contributed by atoms with Gasteiger partial charge < -0.3 is 0 Å². The number of aromatic nitrogens is 8. The highest BCUT2D eigenvalue weighted by atomic mass is 16.1. The van der Waals surface area contributed by atoms with Crippen LogP contribution in [0.15, 0.2) is 42.6 Å². The van der Waals surface area contributed by atoms with Crippen LogP contribution in [0.3, 0.4) is 0 Å². The molecule has 1 aliphatic rings. The van der Waals surface area contributed by atoms with Gasteiger partial charge in [-0.15, -0.1) is 10.2 Å². The molecule has 186 valence electrons. The van der Waals surface area contributed by atoms with Crippen LogP contribution < -0.4 is 0 Å². The number of ketones is 1. The molecule has 9 heteroatoms. The number of carbonyl (C=O) groups is 1. The standard InChI is InChI=1S/C27H32N8O/c1-2-3-13-25-29-27(24(36)16-19-9-5-4-6-10-19)32-35(25)18-20-14-15-23(28-17-20)21-11-7-8-12-22(21)26-30-33-34-31-26/h7-8,11-12,14-15,17,19H,2-6,9-10,13,16,18H2,1H3,(H,30,31,33,34). The lowest BCUT2D eigenvalue weighted by Crippen LogP contribution is -2.13. The van der Waals surface area contributed by atoms with Gasteiger partial charge in [0.15, 0.2) is 5.82 Å². The maximum Gasteiger partial charge on any atom is 0.217 e. The fourth-order valence-electron chi connectivity index (χ4n) is 4.92. The number of rotatable bonds is 10. The van der Waals surface area contributed by atoms with Crippen molar-refractivity contribution in [2.24, 2.45) is 5.92 Å². The van der Waals surface area contributed by atoms with E-state index in [1.807, 2.05) is 47.3 Å². The third-order valence-corrected chi connectivity index (χ3v) is 6.91. The van der Waals surface area contributed by atoms with Crippen molar-refractivity contribution in [3.05, 3.63) is 59.8 Å². The van der Waals surface area contributed by atoms with Gasteiger partial charge >= 0.3 is 0 Å². The first-order chi connectivity index (χ1) is 17.7. The second-order valence-corrected chi connectivity index (χ2v) is 9.59. The lowest BCUT2D eigenvalue weighted by atomic mass is 9.86. The van der Waals surface area contributed by atoms with Gasteiger partial charge in [-0.05, 0) is 34.4 Å². The van der Waals surface area contributed by atoms with E-state index in [-0.39, 0.29) is 5.78 Å². The number of pyridine rings is 1. The molecule has 0 aliphatic heterocycles. The molecule has 3 aromatic heterocycles. The summed E-state index contributed by atoms with van der Waals surface area (Å²) >= 11 is 0. The highest BCUT2D eigenvalue weighted by Crippen LogP contribution is 2.29. The molecule has 4 aromatic rings. The van der Waals surface area contributed by atoms with Crippen LogP contribution >= 0.6 is 0 Å². The molecule has 5 rings (SSSR count). The minimum absolute atomic E-state index is 0.0744. The molecule has 0 saturated heterocycles. The van der Waals surface area contributed by atoms with E-state index in [1.54, 1.807) is 0 Å². The number of unbranched alkanes of at least 4 members (excludes halogenated alkanes) is 1. The van der Waals surface area contributed by atoms with Crippen molar-refractivity contribution < 1.29 is 4.79 Å². The fourth-order valence-corrected chi connectivity index (χ4v) is 4.92. The molecule has 1 fully saturated rings. The molecule has 9 nitrogen and oxygen atoms in total. The Labute approximate surface area is 210 Å². The zero-order chi connectivity index (χ0) is 24.7. The predicted molar refractivity (Wildman–Crippen MR) is 136 cm³/mol. The summed E-state index contributed by atoms with van der Waals surface area (Å²) in [5.41, 5.74) is 3.68. The van der Waals surface area contributed by atoms with Gasteiger partial charge in [0.1, 0.15) is 5.82 Å². The van der Waals surface area contributed by atoms with Crippen molar-refractivity contribution in [1.29, 1.82) is 0 Å². The first-order valence-corrected chi connectivity index (χ1v) is 13.0. The molecule has 3 heterocycles. The third kappa shape index (κ3) is 5.56. The maximum absolute atomic E-state index is 13.0. The van der Waals surface area contributed by atoms with Crippen LogP contribution in [0.1, 0.15) is 80.3 Å². The third-order valence-electron chi connectivity index (χ3n) is 6.91. The monoisotopic (exact) mass is 484 g/mol. The number of hydrogen-bond acceptors (Lipinski definition) is 7. The largest absolute Gasteiger partial charge is 0.291 e. The summed E-state index contributed by atoms with van der Waals surface area (Å²) in [7, 11) is 0. The summed E-state index contributed by atoms with van der Waals surface area (Å²) in [6, 6.07) is 11.9. The Kier molecular flexibility index (Phi) is 7.54. The second-order valence-electron chi connectivity index (χ2n) is 9.59. The number of nitrogens with zero attached hydrogens (tertiary/aromatic N) is 7. The number of aryl methyl sites for hydroxylation is 1. The van der Waals surface area contributed by atoms with Crippen molar-refractivity contribution in [2.75, 3.05) is 0 Å². The van der Waals surface area contributed by atoms with Crippen LogP contribution in [0.5, 0.6) is 0 Å². The van der Waals surface area contributed by atoms with Crippen molar-refractivity contribution in [3.63, 3.8) is 0 Å². The van der Waals surface area contributed by atoms with Crippen LogP contribution in [0.4, 0.5) is 0 Å². The quantitative estimate of drug-likeness (QED) is 0.313. The number of nitrogens with one attached hydrogen (secondary N) is 1. The maximum atomic E-state index is 13.0. The molecule has 0 radical (unpaired) electrons. The molecule has 36 heavy (non-hydrogen) atoms. The van der Waals surface area contributed by atoms with E-state index in [9.17, 15) is 4.79 Å². The summed E-state index contributed by atoms with van der Waals surface area (Å²) in [5.74, 6) is 2.39. The molecule has 1 saturated carbocycles. The predicted octanol–water partition coefficient (Wildman–Crippen LogP) is 5.06. The van der Waals surface area contributed by atoms with Crippen molar-refractivity contribution >= 4 is 5.78 Å². The highest BCUT2D eigenvalue weighted by Gasteiger charge is 2.22. The Morgan fingerprint density at radius 1 is 1.08 bits per heavy atom. The molecule has 1 N–H and O–H groups in total. The molecular weight excluding hydrogens is 452 g/mol. The average molecular weight is 485 g/mol. The fraction of sp³-hybridized carbons (Fsp3) is 0.444. The molecule has 0 atom stereocenters. The van der Waals surface area contributed by atoms with Gasteiger partial charge in [0.25, 0.3) is 0 Å². The lowest BCUT2D eigenvalue weighted by molar-refractivity contribution is 0.0939. The molecule has 0 amide bonds. The molecule has 0 spiro atoms. The normalized spacial score (nSPS) is 14.2. The minimum Gasteiger partial charge on any atom is -0.291 e. The number of aromatic amines is 1. The van der Waals surface area contributed by atoms with Gasteiger partial charge in [-0.3, -0.25) is 9.78 Å². The Bertz CT molecular complexity index is 1270. The van der Waals surface area contributed by atoms with Gasteiger partial charge in [0.2, 0.25) is 11.6 Å². The smallest absolute Gasteiger partial charge is 0.217 e. The second kappa shape index (κ2) is 11.3. The van der Waals surface area contributed by atoms with Crippen molar-refractivity contribution in [1.82, 2.24) is 40.4 Å². The molecule has 0 unspecified atom stereocenters. The number of hydrogen-bond donors (Lipinski definition) is 1. The first-order valence-electron chi connectivity index (χ1n) is 13.0. The minimum atomic E-state index is 0.0744. The molecular formula is C27H32N8O. The molecule has 1 aromatic carbocycles.